The summed E-state index contributed by atoms with van der Waals surface area (Å²) in [5.41, 5.74) is 0.751. The largest absolute Gasteiger partial charge is 0.496 e. The molecule has 2 aromatic rings. The summed E-state index contributed by atoms with van der Waals surface area (Å²) in [5.74, 6) is -0.292. The smallest absolute Gasteiger partial charge is 0.259 e. The highest BCUT2D eigenvalue weighted by atomic mass is 32.2. The molecule has 2 aromatic carbocycles. The third-order valence-corrected chi connectivity index (χ3v) is 6.56. The van der Waals surface area contributed by atoms with Crippen molar-refractivity contribution in [3.8, 4) is 11.8 Å². The standard InChI is InChI=1S/C20H21N3O4S/c1-27-19-10-9-16(28(25,26)23-11-5-2-6-12-23)13-17(19)20(24)22-18-8-4-3-7-15(18)14-21/h3-4,7-10,13H,2,5-6,11-12H2,1H3,(H,22,24). The van der Waals surface area contributed by atoms with Gasteiger partial charge in [-0.25, -0.2) is 8.42 Å². The molecule has 1 heterocycles. The molecule has 1 aliphatic rings. The highest BCUT2D eigenvalue weighted by Gasteiger charge is 2.27. The molecule has 0 saturated carbocycles. The van der Waals surface area contributed by atoms with Gasteiger partial charge in [0.05, 0.1) is 28.8 Å². The number of hydrogen-bond acceptors (Lipinski definition) is 5. The SMILES string of the molecule is COc1ccc(S(=O)(=O)N2CCCCC2)cc1C(=O)Nc1ccccc1C#N. The number of carbonyl (C=O) groups excluding carboxylic acids is 1. The van der Waals surface area contributed by atoms with Crippen molar-refractivity contribution >= 4 is 21.6 Å². The van der Waals surface area contributed by atoms with Gasteiger partial charge in [0.15, 0.2) is 0 Å². The first-order chi connectivity index (χ1) is 13.5. The monoisotopic (exact) mass is 399 g/mol. The summed E-state index contributed by atoms with van der Waals surface area (Å²) in [7, 11) is -2.27. The van der Waals surface area contributed by atoms with Crippen molar-refractivity contribution in [3.05, 3.63) is 53.6 Å². The number of sulfonamides is 1. The van der Waals surface area contributed by atoms with Crippen molar-refractivity contribution in [2.24, 2.45) is 0 Å². The highest BCUT2D eigenvalue weighted by Crippen LogP contribution is 2.27. The van der Waals surface area contributed by atoms with Crippen LogP contribution in [0.2, 0.25) is 0 Å². The third kappa shape index (κ3) is 4.01. The van der Waals surface area contributed by atoms with Crippen LogP contribution < -0.4 is 10.1 Å². The average molecular weight is 399 g/mol. The molecule has 3 rings (SSSR count). The topological polar surface area (TPSA) is 99.5 Å². The molecule has 1 fully saturated rings. The van der Waals surface area contributed by atoms with Crippen LogP contribution in [0, 0.1) is 11.3 Å². The second kappa shape index (κ2) is 8.42. The van der Waals surface area contributed by atoms with E-state index in [4.69, 9.17) is 4.74 Å². The second-order valence-corrected chi connectivity index (χ2v) is 8.38. The van der Waals surface area contributed by atoms with Crippen molar-refractivity contribution in [2.75, 3.05) is 25.5 Å². The van der Waals surface area contributed by atoms with Gasteiger partial charge >= 0.3 is 0 Å². The van der Waals surface area contributed by atoms with E-state index in [-0.39, 0.29) is 16.2 Å². The van der Waals surface area contributed by atoms with E-state index in [1.165, 1.54) is 29.6 Å². The van der Waals surface area contributed by atoms with Crippen LogP contribution in [0.1, 0.15) is 35.2 Å². The summed E-state index contributed by atoms with van der Waals surface area (Å²) >= 11 is 0. The van der Waals surface area contributed by atoms with E-state index in [1.54, 1.807) is 24.3 Å². The molecule has 0 unspecified atom stereocenters. The number of carbonyl (C=O) groups is 1. The molecule has 1 N–H and O–H groups in total. The summed E-state index contributed by atoms with van der Waals surface area (Å²) in [5, 5.41) is 11.8. The van der Waals surface area contributed by atoms with E-state index >= 15 is 0 Å². The summed E-state index contributed by atoms with van der Waals surface area (Å²) in [6.45, 7) is 0.955. The summed E-state index contributed by atoms with van der Waals surface area (Å²) < 4.78 is 32.6. The van der Waals surface area contributed by atoms with E-state index < -0.39 is 15.9 Å². The Morgan fingerprint density at radius 3 is 2.54 bits per heavy atom. The van der Waals surface area contributed by atoms with Gasteiger partial charge in [0.25, 0.3) is 5.91 Å². The maximum atomic E-state index is 12.9. The molecule has 8 heteroatoms. The van der Waals surface area contributed by atoms with Crippen molar-refractivity contribution in [1.82, 2.24) is 4.31 Å². The maximum absolute atomic E-state index is 12.9. The second-order valence-electron chi connectivity index (χ2n) is 6.44. The van der Waals surface area contributed by atoms with Crippen LogP contribution in [0.5, 0.6) is 5.75 Å². The predicted molar refractivity (Wildman–Crippen MR) is 105 cm³/mol. The molecule has 1 amide bonds. The lowest BCUT2D eigenvalue weighted by Crippen LogP contribution is -2.35. The van der Waals surface area contributed by atoms with Crippen LogP contribution in [-0.2, 0) is 10.0 Å². The molecular formula is C20H21N3O4S. The van der Waals surface area contributed by atoms with Crippen LogP contribution in [0.3, 0.4) is 0 Å². The fourth-order valence-corrected chi connectivity index (χ4v) is 4.70. The van der Waals surface area contributed by atoms with E-state index in [9.17, 15) is 18.5 Å². The first-order valence-electron chi connectivity index (χ1n) is 8.96. The van der Waals surface area contributed by atoms with Crippen LogP contribution in [0.4, 0.5) is 5.69 Å². The lowest BCUT2D eigenvalue weighted by atomic mass is 10.1. The van der Waals surface area contributed by atoms with Crippen molar-refractivity contribution in [3.63, 3.8) is 0 Å². The molecule has 28 heavy (non-hydrogen) atoms. The number of nitrogens with zero attached hydrogens (tertiary/aromatic N) is 2. The quantitative estimate of drug-likeness (QED) is 0.833. The fourth-order valence-electron chi connectivity index (χ4n) is 3.16. The van der Waals surface area contributed by atoms with Gasteiger partial charge < -0.3 is 10.1 Å². The molecular weight excluding hydrogens is 378 g/mol. The number of rotatable bonds is 5. The summed E-state index contributed by atoms with van der Waals surface area (Å²) in [6, 6.07) is 12.8. The molecule has 1 saturated heterocycles. The van der Waals surface area contributed by atoms with Crippen LogP contribution in [-0.4, -0.2) is 38.8 Å². The number of piperidine rings is 1. The van der Waals surface area contributed by atoms with E-state index in [0.29, 0.717) is 24.3 Å². The van der Waals surface area contributed by atoms with Gasteiger partial charge in [0, 0.05) is 13.1 Å². The van der Waals surface area contributed by atoms with E-state index in [0.717, 1.165) is 19.3 Å². The Bertz CT molecular complexity index is 1020. The first-order valence-corrected chi connectivity index (χ1v) is 10.4. The predicted octanol–water partition coefficient (Wildman–Crippen LogP) is 2.99. The minimum absolute atomic E-state index is 0.0499. The van der Waals surface area contributed by atoms with Gasteiger partial charge in [-0.15, -0.1) is 0 Å². The molecule has 1 aliphatic heterocycles. The number of nitrogens with one attached hydrogen (secondary N) is 1. The maximum Gasteiger partial charge on any atom is 0.259 e. The number of methoxy groups -OCH3 is 1. The lowest BCUT2D eigenvalue weighted by Gasteiger charge is -2.26. The zero-order valence-corrected chi connectivity index (χ0v) is 16.3. The van der Waals surface area contributed by atoms with E-state index in [1.807, 2.05) is 6.07 Å². The van der Waals surface area contributed by atoms with Gasteiger partial charge in [0.2, 0.25) is 10.0 Å². The van der Waals surface area contributed by atoms with Crippen LogP contribution >= 0.6 is 0 Å². The minimum Gasteiger partial charge on any atom is -0.496 e. The van der Waals surface area contributed by atoms with Gasteiger partial charge in [-0.05, 0) is 43.2 Å². The fraction of sp³-hybridized carbons (Fsp3) is 0.300. The Balaban J connectivity index is 1.95. The number of hydrogen-bond donors (Lipinski definition) is 1. The first kappa shape index (κ1) is 19.9. The van der Waals surface area contributed by atoms with E-state index in [2.05, 4.69) is 5.32 Å². The molecule has 0 aliphatic carbocycles. The van der Waals surface area contributed by atoms with Gasteiger partial charge in [-0.2, -0.15) is 9.57 Å². The zero-order valence-electron chi connectivity index (χ0n) is 15.5. The minimum atomic E-state index is -3.68. The Hall–Kier alpha value is -2.89. The van der Waals surface area contributed by atoms with Gasteiger partial charge in [0.1, 0.15) is 11.8 Å². The highest BCUT2D eigenvalue weighted by molar-refractivity contribution is 7.89. The zero-order chi connectivity index (χ0) is 20.1. The lowest BCUT2D eigenvalue weighted by molar-refractivity contribution is 0.102. The molecule has 0 atom stereocenters. The Labute approximate surface area is 164 Å². The molecule has 0 bridgehead atoms. The number of amides is 1. The van der Waals surface area contributed by atoms with Crippen molar-refractivity contribution in [2.45, 2.75) is 24.2 Å². The normalized spacial score (nSPS) is 14.9. The Morgan fingerprint density at radius 2 is 1.86 bits per heavy atom. The molecule has 7 nitrogen and oxygen atoms in total. The number of ether oxygens (including phenoxy) is 1. The molecule has 0 spiro atoms. The third-order valence-electron chi connectivity index (χ3n) is 4.66. The average Bonchev–Trinajstić information content (AvgIpc) is 2.74. The van der Waals surface area contributed by atoms with Crippen molar-refractivity contribution in [1.29, 1.82) is 5.26 Å². The molecule has 0 radical (unpaired) electrons. The van der Waals surface area contributed by atoms with Gasteiger partial charge in [-0.3, -0.25) is 4.79 Å². The van der Waals surface area contributed by atoms with Crippen molar-refractivity contribution < 1.29 is 17.9 Å². The number of nitriles is 1. The Kier molecular flexibility index (Phi) is 5.97. The number of anilines is 1. The number of benzene rings is 2. The Morgan fingerprint density at radius 1 is 1.14 bits per heavy atom. The summed E-state index contributed by atoms with van der Waals surface area (Å²) in [6.07, 6.45) is 2.67. The van der Waals surface area contributed by atoms with Crippen LogP contribution in [0.15, 0.2) is 47.4 Å². The molecule has 146 valence electrons. The van der Waals surface area contributed by atoms with Gasteiger partial charge in [-0.1, -0.05) is 18.6 Å². The number of para-hydroxylation sites is 1. The van der Waals surface area contributed by atoms with Crippen LogP contribution in [0.25, 0.3) is 0 Å². The summed E-state index contributed by atoms with van der Waals surface area (Å²) in [4.78, 5) is 12.9. The molecule has 0 aromatic heterocycles.